The second kappa shape index (κ2) is 7.05. The molecule has 0 radical (unpaired) electrons. The fourth-order valence-corrected chi connectivity index (χ4v) is 6.81. The van der Waals surface area contributed by atoms with Gasteiger partial charge < -0.3 is 9.80 Å². The normalized spacial score (nSPS) is 35.4. The van der Waals surface area contributed by atoms with Gasteiger partial charge in [0.2, 0.25) is 11.8 Å². The van der Waals surface area contributed by atoms with E-state index in [1.165, 1.54) is 11.1 Å². The molecular weight excluding hydrogens is 402 g/mol. The second-order valence-corrected chi connectivity index (χ2v) is 10.2. The molecule has 0 aromatic heterocycles. The van der Waals surface area contributed by atoms with Crippen molar-refractivity contribution in [2.24, 2.45) is 11.8 Å². The minimum absolute atomic E-state index is 0.0777. The summed E-state index contributed by atoms with van der Waals surface area (Å²) in [5, 5.41) is 9.42. The first-order valence-electron chi connectivity index (χ1n) is 11.8. The molecule has 7 atom stereocenters. The van der Waals surface area contributed by atoms with Gasteiger partial charge in [0, 0.05) is 31.1 Å². The van der Waals surface area contributed by atoms with E-state index < -0.39 is 0 Å². The molecule has 5 aliphatic rings. The summed E-state index contributed by atoms with van der Waals surface area (Å²) in [7, 11) is 0. The molecule has 1 unspecified atom stereocenters. The lowest BCUT2D eigenvalue weighted by Gasteiger charge is -2.39. The van der Waals surface area contributed by atoms with Gasteiger partial charge in [0.15, 0.2) is 5.69 Å². The third-order valence-corrected chi connectivity index (χ3v) is 8.39. The molecule has 0 spiro atoms. The zero-order valence-corrected chi connectivity index (χ0v) is 18.3. The number of piperidine rings is 1. The minimum Gasteiger partial charge on any atom is -0.330 e. The predicted octanol–water partition coefficient (Wildman–Crippen LogP) is 2.66. The van der Waals surface area contributed by atoms with Gasteiger partial charge in [0.1, 0.15) is 6.04 Å². The monoisotopic (exact) mass is 429 g/mol. The Balaban J connectivity index is 1.13. The lowest BCUT2D eigenvalue weighted by atomic mass is 10.0. The van der Waals surface area contributed by atoms with E-state index in [1.54, 1.807) is 0 Å². The molecule has 2 aliphatic carbocycles. The molecule has 7 nitrogen and oxygen atoms in total. The average molecular weight is 430 g/mol. The first-order chi connectivity index (χ1) is 15.5. The van der Waals surface area contributed by atoms with Crippen LogP contribution in [0.5, 0.6) is 0 Å². The predicted molar refractivity (Wildman–Crippen MR) is 116 cm³/mol. The summed E-state index contributed by atoms with van der Waals surface area (Å²) in [4.78, 5) is 36.2. The molecule has 3 aliphatic heterocycles. The Labute approximate surface area is 188 Å². The Bertz CT molecular complexity index is 1090. The van der Waals surface area contributed by atoms with E-state index in [0.717, 1.165) is 38.6 Å². The number of hydrogen-bond donors (Lipinski definition) is 0. The van der Waals surface area contributed by atoms with Crippen LogP contribution in [0.15, 0.2) is 18.2 Å². The van der Waals surface area contributed by atoms with E-state index in [0.29, 0.717) is 18.2 Å². The fourth-order valence-electron chi connectivity index (χ4n) is 6.81. The number of hydrogen-bond acceptors (Lipinski definition) is 4. The Morgan fingerprint density at radius 2 is 2.16 bits per heavy atom. The standard InChI is InChI=1S/C25H27N5O2/c1-14(24(31)29-18(11-26)8-16-9-22(16)29)12-28-13-19-10-23(28)25(32)30(19)21-6-3-15-7-17(27-2)4-5-20(15)21/h4-5,7,14,16,18-19,21-23H,3,6,8-10,12-13H2,1H3/t14-,16+,18-,19+,21+,22?,23+/m0/s1. The molecule has 3 saturated heterocycles. The molecule has 1 saturated carbocycles. The highest BCUT2D eigenvalue weighted by Gasteiger charge is 2.56. The third kappa shape index (κ3) is 2.81. The Morgan fingerprint density at radius 1 is 1.31 bits per heavy atom. The van der Waals surface area contributed by atoms with Crippen molar-refractivity contribution in [3.05, 3.63) is 40.7 Å². The maximum absolute atomic E-state index is 13.4. The molecule has 7 heteroatoms. The number of fused-ring (bicyclic) bond motifs is 4. The quantitative estimate of drug-likeness (QED) is 0.690. The molecule has 3 heterocycles. The number of nitriles is 1. The van der Waals surface area contributed by atoms with Crippen molar-refractivity contribution in [1.82, 2.24) is 14.7 Å². The van der Waals surface area contributed by atoms with Gasteiger partial charge >= 0.3 is 0 Å². The number of likely N-dealkylation sites (tertiary alicyclic amines) is 3. The highest BCUT2D eigenvalue weighted by molar-refractivity contribution is 5.87. The van der Waals surface area contributed by atoms with Crippen LogP contribution in [0.1, 0.15) is 49.8 Å². The number of nitrogens with zero attached hydrogens (tertiary/aromatic N) is 5. The Kier molecular flexibility index (Phi) is 4.35. The summed E-state index contributed by atoms with van der Waals surface area (Å²) >= 11 is 0. The van der Waals surface area contributed by atoms with Crippen LogP contribution in [-0.2, 0) is 16.0 Å². The van der Waals surface area contributed by atoms with Gasteiger partial charge in [-0.1, -0.05) is 30.7 Å². The molecule has 6 rings (SSSR count). The van der Waals surface area contributed by atoms with Crippen molar-refractivity contribution in [2.45, 2.75) is 69.2 Å². The van der Waals surface area contributed by atoms with Crippen molar-refractivity contribution in [2.75, 3.05) is 13.1 Å². The van der Waals surface area contributed by atoms with Crippen LogP contribution in [-0.4, -0.2) is 63.8 Å². The number of benzene rings is 1. The van der Waals surface area contributed by atoms with Crippen LogP contribution >= 0.6 is 0 Å². The van der Waals surface area contributed by atoms with Gasteiger partial charge in [-0.2, -0.15) is 5.26 Å². The van der Waals surface area contributed by atoms with E-state index >= 15 is 0 Å². The lowest BCUT2D eigenvalue weighted by molar-refractivity contribution is -0.142. The highest BCUT2D eigenvalue weighted by atomic mass is 16.2. The van der Waals surface area contributed by atoms with Gasteiger partial charge in [-0.3, -0.25) is 14.5 Å². The van der Waals surface area contributed by atoms with Crippen LogP contribution < -0.4 is 0 Å². The van der Waals surface area contributed by atoms with Crippen LogP contribution in [0.25, 0.3) is 4.85 Å². The summed E-state index contributed by atoms with van der Waals surface area (Å²) in [5.41, 5.74) is 3.06. The zero-order chi connectivity index (χ0) is 22.1. The summed E-state index contributed by atoms with van der Waals surface area (Å²) in [5.74, 6) is 0.583. The maximum atomic E-state index is 13.4. The molecule has 32 heavy (non-hydrogen) atoms. The van der Waals surface area contributed by atoms with Crippen molar-refractivity contribution in [3.63, 3.8) is 0 Å². The van der Waals surface area contributed by atoms with Gasteiger partial charge in [-0.05, 0) is 43.6 Å². The number of rotatable bonds is 4. The van der Waals surface area contributed by atoms with Crippen molar-refractivity contribution < 1.29 is 9.59 Å². The molecule has 2 amide bonds. The van der Waals surface area contributed by atoms with E-state index in [2.05, 4.69) is 20.7 Å². The van der Waals surface area contributed by atoms with Crippen LogP contribution in [0.3, 0.4) is 0 Å². The van der Waals surface area contributed by atoms with Crippen LogP contribution in [0, 0.1) is 29.7 Å². The smallest absolute Gasteiger partial charge is 0.240 e. The van der Waals surface area contributed by atoms with Crippen molar-refractivity contribution in [1.29, 1.82) is 5.26 Å². The summed E-state index contributed by atoms with van der Waals surface area (Å²) < 4.78 is 0. The second-order valence-electron chi connectivity index (χ2n) is 10.2. The average Bonchev–Trinajstić information content (AvgIpc) is 3.14. The summed E-state index contributed by atoms with van der Waals surface area (Å²) in [6, 6.07) is 8.33. The number of piperazine rings is 1. The minimum atomic E-state index is -0.272. The molecular formula is C25H27N5O2. The lowest BCUT2D eigenvalue weighted by Crippen LogP contribution is -2.53. The van der Waals surface area contributed by atoms with Gasteiger partial charge in [0.25, 0.3) is 0 Å². The fraction of sp³-hybridized carbons (Fsp3) is 0.600. The van der Waals surface area contributed by atoms with Gasteiger partial charge in [-0.25, -0.2) is 4.85 Å². The molecule has 1 aromatic rings. The summed E-state index contributed by atoms with van der Waals surface area (Å²) in [6.07, 6.45) is 4.53. The highest BCUT2D eigenvalue weighted by Crippen LogP contribution is 2.48. The first-order valence-corrected chi connectivity index (χ1v) is 11.8. The zero-order valence-electron chi connectivity index (χ0n) is 18.3. The van der Waals surface area contributed by atoms with Crippen LogP contribution in [0.4, 0.5) is 5.69 Å². The number of carbonyl (C=O) groups is 2. The molecule has 2 bridgehead atoms. The van der Waals surface area contributed by atoms with Gasteiger partial charge in [-0.15, -0.1) is 0 Å². The van der Waals surface area contributed by atoms with E-state index in [4.69, 9.17) is 6.57 Å². The van der Waals surface area contributed by atoms with Gasteiger partial charge in [0.05, 0.1) is 24.7 Å². The van der Waals surface area contributed by atoms with E-state index in [-0.39, 0.29) is 47.9 Å². The molecule has 0 N–H and O–H groups in total. The third-order valence-electron chi connectivity index (χ3n) is 8.39. The Morgan fingerprint density at radius 3 is 2.91 bits per heavy atom. The van der Waals surface area contributed by atoms with Crippen molar-refractivity contribution >= 4 is 17.5 Å². The SMILES string of the molecule is [C-]#[N+]c1ccc2c(c1)CC[C@H]2N1C(=O)[C@H]2C[C@@H]1CN2C[C@H](C)C(=O)N1C2C[C@H]2C[C@H]1C#N. The topological polar surface area (TPSA) is 72.0 Å². The van der Waals surface area contributed by atoms with Crippen LogP contribution in [0.2, 0.25) is 0 Å². The molecule has 1 aromatic carbocycles. The number of aryl methyl sites for hydroxylation is 1. The van der Waals surface area contributed by atoms with E-state index in [9.17, 15) is 14.9 Å². The molecule has 164 valence electrons. The first kappa shape index (κ1) is 19.8. The Hall–Kier alpha value is -2.90. The van der Waals surface area contributed by atoms with Crippen molar-refractivity contribution in [3.8, 4) is 6.07 Å². The summed E-state index contributed by atoms with van der Waals surface area (Å²) in [6.45, 7) is 10.6. The largest absolute Gasteiger partial charge is 0.330 e. The van der Waals surface area contributed by atoms with E-state index in [1.807, 2.05) is 30.0 Å². The number of carbonyl (C=O) groups excluding carboxylic acids is 2. The number of amides is 2. The molecule has 4 fully saturated rings. The maximum Gasteiger partial charge on any atom is 0.240 e.